The van der Waals surface area contributed by atoms with Gasteiger partial charge in [0.25, 0.3) is 5.91 Å². The van der Waals surface area contributed by atoms with Crippen LogP contribution in [0.3, 0.4) is 0 Å². The van der Waals surface area contributed by atoms with Gasteiger partial charge < -0.3 is 15.0 Å². The number of hydrogen-bond acceptors (Lipinski definition) is 7. The Bertz CT molecular complexity index is 726. The van der Waals surface area contributed by atoms with E-state index in [1.54, 1.807) is 10.9 Å². The first-order valence-electron chi connectivity index (χ1n) is 7.63. The number of aromatic nitrogens is 3. The standard InChI is InChI=1S/C15H16FN5O2S/c16-11-1-17-14(18-2-11)21-3-10-4-23-8-15(10,7-21)6-19-13(22)12-5-24-9-20-12/h1-2,5,9-10H,3-4,6-8H2,(H,19,22)/t10-,15+/m0/s1. The van der Waals surface area contributed by atoms with Crippen molar-refractivity contribution in [3.8, 4) is 0 Å². The molecule has 9 heteroatoms. The molecule has 0 radical (unpaired) electrons. The van der Waals surface area contributed by atoms with Crippen LogP contribution in [-0.4, -0.2) is 53.7 Å². The number of halogens is 1. The Hall–Kier alpha value is -2.13. The number of fused-ring (bicyclic) bond motifs is 1. The molecule has 0 unspecified atom stereocenters. The van der Waals surface area contributed by atoms with Crippen molar-refractivity contribution >= 4 is 23.2 Å². The van der Waals surface area contributed by atoms with E-state index in [0.29, 0.717) is 37.9 Å². The van der Waals surface area contributed by atoms with Gasteiger partial charge in [0.1, 0.15) is 5.69 Å². The fourth-order valence-electron chi connectivity index (χ4n) is 3.37. The van der Waals surface area contributed by atoms with Crippen LogP contribution in [0.2, 0.25) is 0 Å². The lowest BCUT2D eigenvalue weighted by molar-refractivity contribution is 0.0916. The average Bonchev–Trinajstić information content (AvgIpc) is 3.29. The second-order valence-electron chi connectivity index (χ2n) is 6.21. The molecule has 1 N–H and O–H groups in total. The highest BCUT2D eigenvalue weighted by Gasteiger charge is 2.51. The lowest BCUT2D eigenvalue weighted by Gasteiger charge is -2.27. The first-order valence-corrected chi connectivity index (χ1v) is 8.57. The van der Waals surface area contributed by atoms with Crippen molar-refractivity contribution in [2.75, 3.05) is 37.7 Å². The number of rotatable bonds is 4. The molecule has 4 rings (SSSR count). The molecule has 2 fully saturated rings. The van der Waals surface area contributed by atoms with Gasteiger partial charge in [-0.05, 0) is 0 Å². The van der Waals surface area contributed by atoms with Gasteiger partial charge in [0.05, 0.1) is 31.1 Å². The van der Waals surface area contributed by atoms with Crippen molar-refractivity contribution in [2.24, 2.45) is 11.3 Å². The fourth-order valence-corrected chi connectivity index (χ4v) is 3.91. The van der Waals surface area contributed by atoms with Crippen molar-refractivity contribution in [3.05, 3.63) is 34.8 Å². The van der Waals surface area contributed by atoms with E-state index in [9.17, 15) is 9.18 Å². The maximum Gasteiger partial charge on any atom is 0.270 e. The van der Waals surface area contributed by atoms with Gasteiger partial charge in [-0.25, -0.2) is 19.3 Å². The Morgan fingerprint density at radius 3 is 3.04 bits per heavy atom. The van der Waals surface area contributed by atoms with Gasteiger partial charge in [-0.15, -0.1) is 11.3 Å². The van der Waals surface area contributed by atoms with Crippen molar-refractivity contribution in [2.45, 2.75) is 0 Å². The first-order chi connectivity index (χ1) is 11.7. The number of hydrogen-bond donors (Lipinski definition) is 1. The second-order valence-corrected chi connectivity index (χ2v) is 6.93. The molecule has 2 aromatic rings. The van der Waals surface area contributed by atoms with Crippen molar-refractivity contribution in [1.82, 2.24) is 20.3 Å². The summed E-state index contributed by atoms with van der Waals surface area (Å²) >= 11 is 1.39. The SMILES string of the molecule is O=C(NC[C@@]12COC[C@@H]1CN(c1ncc(F)cn1)C2)c1cscn1. The molecule has 24 heavy (non-hydrogen) atoms. The van der Waals surface area contributed by atoms with E-state index < -0.39 is 5.82 Å². The van der Waals surface area contributed by atoms with Gasteiger partial charge in [0, 0.05) is 36.3 Å². The van der Waals surface area contributed by atoms with Crippen LogP contribution < -0.4 is 10.2 Å². The van der Waals surface area contributed by atoms with E-state index in [-0.39, 0.29) is 17.2 Å². The third kappa shape index (κ3) is 2.73. The molecule has 2 saturated heterocycles. The first kappa shape index (κ1) is 15.4. The van der Waals surface area contributed by atoms with Crippen LogP contribution in [0.15, 0.2) is 23.3 Å². The summed E-state index contributed by atoms with van der Waals surface area (Å²) < 4.78 is 18.7. The summed E-state index contributed by atoms with van der Waals surface area (Å²) in [5, 5.41) is 4.69. The quantitative estimate of drug-likeness (QED) is 0.885. The average molecular weight is 349 g/mol. The van der Waals surface area contributed by atoms with Gasteiger partial charge >= 0.3 is 0 Å². The Morgan fingerprint density at radius 2 is 2.29 bits per heavy atom. The molecule has 2 aliphatic rings. The Balaban J connectivity index is 1.46. The number of amides is 1. The summed E-state index contributed by atoms with van der Waals surface area (Å²) in [4.78, 5) is 26.3. The molecule has 7 nitrogen and oxygen atoms in total. The third-order valence-corrected chi connectivity index (χ3v) is 5.26. The van der Waals surface area contributed by atoms with Gasteiger partial charge in [-0.2, -0.15) is 0 Å². The molecular formula is C15H16FN5O2S. The highest BCUT2D eigenvalue weighted by molar-refractivity contribution is 7.07. The summed E-state index contributed by atoms with van der Waals surface area (Å²) in [5.41, 5.74) is 1.89. The molecule has 0 aliphatic carbocycles. The van der Waals surface area contributed by atoms with E-state index in [4.69, 9.17) is 4.74 Å². The second kappa shape index (κ2) is 6.06. The van der Waals surface area contributed by atoms with Gasteiger partial charge in [-0.1, -0.05) is 0 Å². The van der Waals surface area contributed by atoms with Crippen LogP contribution in [0, 0.1) is 17.2 Å². The Morgan fingerprint density at radius 1 is 1.46 bits per heavy atom. The number of carbonyl (C=O) groups excluding carboxylic acids is 1. The van der Waals surface area contributed by atoms with Crippen molar-refractivity contribution in [3.63, 3.8) is 0 Å². The maximum absolute atomic E-state index is 13.0. The fraction of sp³-hybridized carbons (Fsp3) is 0.467. The van der Waals surface area contributed by atoms with E-state index in [0.717, 1.165) is 6.54 Å². The zero-order valence-electron chi connectivity index (χ0n) is 12.8. The molecule has 0 saturated carbocycles. The smallest absolute Gasteiger partial charge is 0.270 e. The van der Waals surface area contributed by atoms with Crippen LogP contribution in [-0.2, 0) is 4.74 Å². The predicted octanol–water partition coefficient (Wildman–Crippen LogP) is 0.955. The van der Waals surface area contributed by atoms with E-state index >= 15 is 0 Å². The molecule has 2 aliphatic heterocycles. The van der Waals surface area contributed by atoms with Gasteiger partial charge in [-0.3, -0.25) is 4.79 Å². The summed E-state index contributed by atoms with van der Waals surface area (Å²) in [7, 11) is 0. The summed E-state index contributed by atoms with van der Waals surface area (Å²) in [6.07, 6.45) is 2.34. The Kier molecular flexibility index (Phi) is 3.89. The normalized spacial score (nSPS) is 25.7. The molecule has 126 valence electrons. The zero-order chi connectivity index (χ0) is 16.6. The summed E-state index contributed by atoms with van der Waals surface area (Å²) in [6, 6.07) is 0. The van der Waals surface area contributed by atoms with Crippen molar-refractivity contribution < 1.29 is 13.9 Å². The number of carbonyl (C=O) groups is 1. The lowest BCUT2D eigenvalue weighted by atomic mass is 9.81. The number of nitrogens with one attached hydrogen (secondary N) is 1. The number of ether oxygens (including phenoxy) is 1. The summed E-state index contributed by atoms with van der Waals surface area (Å²) in [6.45, 7) is 3.13. The largest absolute Gasteiger partial charge is 0.380 e. The topological polar surface area (TPSA) is 80.2 Å². The number of anilines is 1. The molecular weight excluding hydrogens is 333 g/mol. The highest BCUT2D eigenvalue weighted by Crippen LogP contribution is 2.41. The lowest BCUT2D eigenvalue weighted by Crippen LogP contribution is -2.43. The minimum atomic E-state index is -0.452. The van der Waals surface area contributed by atoms with E-state index in [1.807, 2.05) is 4.90 Å². The molecule has 0 aromatic carbocycles. The minimum Gasteiger partial charge on any atom is -0.380 e. The number of nitrogens with zero attached hydrogens (tertiary/aromatic N) is 4. The zero-order valence-corrected chi connectivity index (χ0v) is 13.6. The van der Waals surface area contributed by atoms with Crippen LogP contribution in [0.5, 0.6) is 0 Å². The van der Waals surface area contributed by atoms with Crippen LogP contribution in [0.25, 0.3) is 0 Å². The molecule has 2 aromatic heterocycles. The van der Waals surface area contributed by atoms with Gasteiger partial charge in [0.15, 0.2) is 5.82 Å². The van der Waals surface area contributed by atoms with Crippen LogP contribution in [0.4, 0.5) is 10.3 Å². The molecule has 0 bridgehead atoms. The third-order valence-electron chi connectivity index (χ3n) is 4.68. The monoisotopic (exact) mass is 349 g/mol. The maximum atomic E-state index is 13.0. The van der Waals surface area contributed by atoms with Crippen LogP contribution >= 0.6 is 11.3 Å². The Labute approximate surface area is 141 Å². The van der Waals surface area contributed by atoms with E-state index in [2.05, 4.69) is 20.3 Å². The number of thiazole rings is 1. The van der Waals surface area contributed by atoms with Crippen LogP contribution in [0.1, 0.15) is 10.5 Å². The molecule has 0 spiro atoms. The minimum absolute atomic E-state index is 0.173. The van der Waals surface area contributed by atoms with Gasteiger partial charge in [0.2, 0.25) is 5.95 Å². The predicted molar refractivity (Wildman–Crippen MR) is 85.4 cm³/mol. The van der Waals surface area contributed by atoms with Crippen molar-refractivity contribution in [1.29, 1.82) is 0 Å². The molecule has 4 heterocycles. The van der Waals surface area contributed by atoms with E-state index in [1.165, 1.54) is 23.7 Å². The summed E-state index contributed by atoms with van der Waals surface area (Å²) in [5.74, 6) is 0.164. The highest BCUT2D eigenvalue weighted by atomic mass is 32.1. The molecule has 2 atom stereocenters. The molecule has 1 amide bonds.